The molecule has 0 saturated carbocycles. The van der Waals surface area contributed by atoms with Crippen molar-refractivity contribution in [1.82, 2.24) is 9.78 Å². The van der Waals surface area contributed by atoms with E-state index in [0.29, 0.717) is 0 Å². The number of carbonyl (C=O) groups excluding carboxylic acids is 2. The van der Waals surface area contributed by atoms with Crippen LogP contribution in [0.3, 0.4) is 0 Å². The first-order valence-electron chi connectivity index (χ1n) is 10.3. The summed E-state index contributed by atoms with van der Waals surface area (Å²) in [5.41, 5.74) is 5.57. The predicted molar refractivity (Wildman–Crippen MR) is 120 cm³/mol. The molecule has 2 heterocycles. The number of nitrogens with zero attached hydrogens (tertiary/aromatic N) is 3. The lowest BCUT2D eigenvalue weighted by Gasteiger charge is -2.22. The van der Waals surface area contributed by atoms with Crippen molar-refractivity contribution in [3.63, 3.8) is 0 Å². The summed E-state index contributed by atoms with van der Waals surface area (Å²) in [6, 6.07) is 17.7. The van der Waals surface area contributed by atoms with E-state index in [0.717, 1.165) is 40.3 Å². The molecule has 0 saturated heterocycles. The zero-order chi connectivity index (χ0) is 22.0. The molecule has 0 N–H and O–H groups in total. The Hall–Kier alpha value is -3.67. The molecule has 1 amide bonds. The number of esters is 1. The summed E-state index contributed by atoms with van der Waals surface area (Å²) in [6.07, 6.45) is 3.85. The fourth-order valence-electron chi connectivity index (χ4n) is 4.06. The normalized spacial score (nSPS) is 15.3. The third kappa shape index (κ3) is 4.14. The summed E-state index contributed by atoms with van der Waals surface area (Å²) >= 11 is 0. The average molecular weight is 415 g/mol. The maximum atomic E-state index is 12.7. The summed E-state index contributed by atoms with van der Waals surface area (Å²) < 4.78 is 7.07. The van der Waals surface area contributed by atoms with Crippen molar-refractivity contribution in [3.05, 3.63) is 83.2 Å². The Labute approximate surface area is 181 Å². The van der Waals surface area contributed by atoms with E-state index in [4.69, 9.17) is 4.74 Å². The second kappa shape index (κ2) is 8.60. The fraction of sp³-hybridized carbons (Fsp3) is 0.240. The number of carbonyl (C=O) groups is 2. The van der Waals surface area contributed by atoms with Gasteiger partial charge >= 0.3 is 5.97 Å². The first kappa shape index (κ1) is 20.6. The largest absolute Gasteiger partial charge is 0.452 e. The van der Waals surface area contributed by atoms with Crippen molar-refractivity contribution in [2.24, 2.45) is 0 Å². The van der Waals surface area contributed by atoms with Crippen LogP contribution in [0, 0.1) is 13.8 Å². The van der Waals surface area contributed by atoms with Gasteiger partial charge in [-0.2, -0.15) is 5.10 Å². The zero-order valence-corrected chi connectivity index (χ0v) is 17.9. The molecule has 0 bridgehead atoms. The molecule has 1 aromatic heterocycles. The van der Waals surface area contributed by atoms with Crippen LogP contribution < -0.4 is 4.90 Å². The van der Waals surface area contributed by atoms with Crippen molar-refractivity contribution in [2.75, 3.05) is 11.5 Å². The first-order chi connectivity index (χ1) is 15.0. The Kier molecular flexibility index (Phi) is 5.71. The number of aromatic nitrogens is 2. The Morgan fingerprint density at radius 1 is 1.10 bits per heavy atom. The second-order valence-electron chi connectivity index (χ2n) is 7.72. The maximum Gasteiger partial charge on any atom is 0.331 e. The average Bonchev–Trinajstić information content (AvgIpc) is 3.26. The van der Waals surface area contributed by atoms with E-state index in [1.807, 2.05) is 80.1 Å². The molecule has 31 heavy (non-hydrogen) atoms. The van der Waals surface area contributed by atoms with E-state index in [-0.39, 0.29) is 18.6 Å². The highest BCUT2D eigenvalue weighted by Crippen LogP contribution is 2.31. The van der Waals surface area contributed by atoms with Gasteiger partial charge in [0.25, 0.3) is 5.91 Å². The number of fused-ring (bicyclic) bond motifs is 1. The van der Waals surface area contributed by atoms with Gasteiger partial charge in [0.15, 0.2) is 6.61 Å². The molecule has 1 aliphatic rings. The van der Waals surface area contributed by atoms with Gasteiger partial charge in [0.1, 0.15) is 0 Å². The molecule has 2 aromatic carbocycles. The van der Waals surface area contributed by atoms with E-state index < -0.39 is 5.97 Å². The lowest BCUT2D eigenvalue weighted by molar-refractivity contribution is -0.143. The predicted octanol–water partition coefficient (Wildman–Crippen LogP) is 4.02. The quantitative estimate of drug-likeness (QED) is 0.466. The van der Waals surface area contributed by atoms with E-state index >= 15 is 0 Å². The molecule has 6 heteroatoms. The minimum atomic E-state index is -0.556. The Morgan fingerprint density at radius 3 is 2.58 bits per heavy atom. The number of ether oxygens (including phenoxy) is 1. The standard InChI is InChI=1S/C25H25N3O3/c1-17-15-20-9-7-8-12-23(20)27(17)24(29)16-31-25(30)14-13-22-18(2)26-28(19(22)3)21-10-5-4-6-11-21/h4-14,17H,15-16H2,1-3H3/b14-13+/t17-/m1/s1. The van der Waals surface area contributed by atoms with Crippen LogP contribution in [-0.4, -0.2) is 34.3 Å². The van der Waals surface area contributed by atoms with E-state index in [1.54, 1.807) is 11.0 Å². The summed E-state index contributed by atoms with van der Waals surface area (Å²) in [4.78, 5) is 26.6. The Balaban J connectivity index is 1.41. The van der Waals surface area contributed by atoms with Crippen molar-refractivity contribution < 1.29 is 14.3 Å². The highest BCUT2D eigenvalue weighted by atomic mass is 16.5. The molecule has 0 aliphatic carbocycles. The molecule has 0 fully saturated rings. The zero-order valence-electron chi connectivity index (χ0n) is 17.9. The van der Waals surface area contributed by atoms with Crippen molar-refractivity contribution in [1.29, 1.82) is 0 Å². The number of hydrogen-bond acceptors (Lipinski definition) is 4. The molecule has 6 nitrogen and oxygen atoms in total. The number of benzene rings is 2. The van der Waals surface area contributed by atoms with Crippen molar-refractivity contribution >= 4 is 23.6 Å². The van der Waals surface area contributed by atoms with Crippen LogP contribution in [0.15, 0.2) is 60.7 Å². The lowest BCUT2D eigenvalue weighted by atomic mass is 10.1. The van der Waals surface area contributed by atoms with Crippen molar-refractivity contribution in [2.45, 2.75) is 33.2 Å². The van der Waals surface area contributed by atoms with Gasteiger partial charge in [0, 0.05) is 29.1 Å². The van der Waals surface area contributed by atoms with Gasteiger partial charge in [-0.1, -0.05) is 36.4 Å². The highest BCUT2D eigenvalue weighted by molar-refractivity contribution is 5.98. The SMILES string of the molecule is Cc1nn(-c2ccccc2)c(C)c1/C=C/C(=O)OCC(=O)N1c2ccccc2C[C@H]1C. The van der Waals surface area contributed by atoms with Crippen LogP contribution in [0.4, 0.5) is 5.69 Å². The topological polar surface area (TPSA) is 64.4 Å². The minimum absolute atomic E-state index is 0.0493. The molecule has 3 aromatic rings. The molecule has 158 valence electrons. The molecular formula is C25H25N3O3. The number of amides is 1. The number of hydrogen-bond donors (Lipinski definition) is 0. The van der Waals surface area contributed by atoms with E-state index in [2.05, 4.69) is 5.10 Å². The van der Waals surface area contributed by atoms with Gasteiger partial charge in [-0.15, -0.1) is 0 Å². The van der Waals surface area contributed by atoms with Gasteiger partial charge < -0.3 is 9.64 Å². The van der Waals surface area contributed by atoms with Gasteiger partial charge in [-0.25, -0.2) is 9.48 Å². The van der Waals surface area contributed by atoms with Gasteiger partial charge in [0.2, 0.25) is 0 Å². The first-order valence-corrected chi connectivity index (χ1v) is 10.3. The van der Waals surface area contributed by atoms with Gasteiger partial charge in [-0.3, -0.25) is 4.79 Å². The number of anilines is 1. The number of aryl methyl sites for hydroxylation is 1. The van der Waals surface area contributed by atoms with Crippen LogP contribution in [0.25, 0.3) is 11.8 Å². The summed E-state index contributed by atoms with van der Waals surface area (Å²) in [6.45, 7) is 5.56. The van der Waals surface area contributed by atoms with E-state index in [9.17, 15) is 9.59 Å². The lowest BCUT2D eigenvalue weighted by Crippen LogP contribution is -2.38. The third-order valence-electron chi connectivity index (χ3n) is 5.55. The smallest absolute Gasteiger partial charge is 0.331 e. The van der Waals surface area contributed by atoms with Gasteiger partial charge in [0.05, 0.1) is 11.4 Å². The summed E-state index contributed by atoms with van der Waals surface area (Å²) in [5, 5.41) is 4.57. The molecular weight excluding hydrogens is 390 g/mol. The Morgan fingerprint density at radius 2 is 1.81 bits per heavy atom. The minimum Gasteiger partial charge on any atom is -0.452 e. The third-order valence-corrected chi connectivity index (χ3v) is 5.55. The van der Waals surface area contributed by atoms with Crippen molar-refractivity contribution in [3.8, 4) is 5.69 Å². The highest BCUT2D eigenvalue weighted by Gasteiger charge is 2.30. The second-order valence-corrected chi connectivity index (χ2v) is 7.72. The van der Waals surface area contributed by atoms with E-state index in [1.165, 1.54) is 6.08 Å². The Bertz CT molecular complexity index is 1150. The van der Waals surface area contributed by atoms with Gasteiger partial charge in [-0.05, 0) is 57.0 Å². The molecule has 0 unspecified atom stereocenters. The monoisotopic (exact) mass is 415 g/mol. The van der Waals surface area contributed by atoms with Crippen LogP contribution in [-0.2, 0) is 20.7 Å². The van der Waals surface area contributed by atoms with Crippen LogP contribution in [0.2, 0.25) is 0 Å². The van der Waals surface area contributed by atoms with Crippen LogP contribution in [0.5, 0.6) is 0 Å². The summed E-state index contributed by atoms with van der Waals surface area (Å²) in [7, 11) is 0. The molecule has 0 spiro atoms. The van der Waals surface area contributed by atoms with Crippen LogP contribution in [0.1, 0.15) is 29.4 Å². The molecule has 0 radical (unpaired) electrons. The summed E-state index contributed by atoms with van der Waals surface area (Å²) in [5.74, 6) is -0.775. The molecule has 1 atom stereocenters. The number of para-hydroxylation sites is 2. The fourth-order valence-corrected chi connectivity index (χ4v) is 4.06. The molecule has 1 aliphatic heterocycles. The van der Waals surface area contributed by atoms with Crippen LogP contribution >= 0.6 is 0 Å². The molecule has 4 rings (SSSR count). The number of rotatable bonds is 5. The maximum absolute atomic E-state index is 12.7.